The molecule has 4 N–H and O–H groups in total. The first kappa shape index (κ1) is 13.3. The third kappa shape index (κ3) is 4.39. The maximum Gasteiger partial charge on any atom is 0.315 e. The minimum Gasteiger partial charge on any atom is -0.338 e. The van der Waals surface area contributed by atoms with Crippen LogP contribution in [-0.4, -0.2) is 25.2 Å². The molecule has 0 aromatic rings. The van der Waals surface area contributed by atoms with Crippen LogP contribution in [0.4, 0.5) is 4.79 Å². The predicted molar refractivity (Wildman–Crippen MR) is 66.2 cm³/mol. The first-order valence-corrected chi connectivity index (χ1v) is 6.52. The van der Waals surface area contributed by atoms with Gasteiger partial charge in [-0.15, -0.1) is 0 Å². The van der Waals surface area contributed by atoms with Crippen molar-refractivity contribution in [3.63, 3.8) is 0 Å². The molecular weight excluding hydrogens is 202 g/mol. The molecule has 4 nitrogen and oxygen atoms in total. The molecule has 0 spiro atoms. The lowest BCUT2D eigenvalue weighted by atomic mass is 9.84. The summed E-state index contributed by atoms with van der Waals surface area (Å²) in [5, 5.41) is 5.93. The minimum absolute atomic E-state index is 0.0289. The normalized spacial score (nSPS) is 25.1. The van der Waals surface area contributed by atoms with Crippen LogP contribution in [0.1, 0.15) is 45.4 Å². The molecule has 16 heavy (non-hydrogen) atoms. The molecule has 2 atom stereocenters. The fourth-order valence-corrected chi connectivity index (χ4v) is 2.28. The highest BCUT2D eigenvalue weighted by Gasteiger charge is 2.24. The monoisotopic (exact) mass is 227 g/mol. The number of nitrogens with two attached hydrogens (primary N) is 1. The number of carbonyl (C=O) groups excluding carboxylic acids is 1. The van der Waals surface area contributed by atoms with Gasteiger partial charge in [-0.25, -0.2) is 4.79 Å². The van der Waals surface area contributed by atoms with E-state index in [1.165, 1.54) is 12.8 Å². The van der Waals surface area contributed by atoms with Crippen molar-refractivity contribution in [2.75, 3.05) is 13.1 Å². The molecular formula is C12H25N3O. The van der Waals surface area contributed by atoms with Crippen LogP contribution in [0.3, 0.4) is 0 Å². The van der Waals surface area contributed by atoms with Crippen LogP contribution >= 0.6 is 0 Å². The van der Waals surface area contributed by atoms with Crippen molar-refractivity contribution in [3.05, 3.63) is 0 Å². The Bertz CT molecular complexity index is 208. The Balaban J connectivity index is 2.25. The molecule has 0 bridgehead atoms. The summed E-state index contributed by atoms with van der Waals surface area (Å²) in [5.41, 5.74) is 5.72. The molecule has 0 aromatic carbocycles. The molecule has 1 aliphatic rings. The van der Waals surface area contributed by atoms with Crippen LogP contribution in [0.25, 0.3) is 0 Å². The van der Waals surface area contributed by atoms with Gasteiger partial charge in [0.15, 0.2) is 0 Å². The molecule has 2 unspecified atom stereocenters. The van der Waals surface area contributed by atoms with Gasteiger partial charge in [-0.3, -0.25) is 0 Å². The summed E-state index contributed by atoms with van der Waals surface area (Å²) in [6, 6.07) is 0.249. The van der Waals surface area contributed by atoms with E-state index in [4.69, 9.17) is 5.73 Å². The Morgan fingerprint density at radius 2 is 2.12 bits per heavy atom. The highest BCUT2D eigenvalue weighted by Crippen LogP contribution is 2.23. The van der Waals surface area contributed by atoms with Crippen molar-refractivity contribution >= 4 is 6.03 Å². The molecule has 4 heteroatoms. The summed E-state index contributed by atoms with van der Waals surface area (Å²) in [7, 11) is 0. The number of rotatable bonds is 5. The van der Waals surface area contributed by atoms with Crippen molar-refractivity contribution in [1.29, 1.82) is 0 Å². The molecule has 0 heterocycles. The Labute approximate surface area is 98.3 Å². The average Bonchev–Trinajstić information content (AvgIpc) is 2.30. The molecule has 0 radical (unpaired) electrons. The molecule has 0 aliphatic heterocycles. The summed E-state index contributed by atoms with van der Waals surface area (Å²) in [4.78, 5) is 11.6. The number of nitrogens with one attached hydrogen (secondary N) is 2. The van der Waals surface area contributed by atoms with Gasteiger partial charge in [-0.05, 0) is 31.7 Å². The van der Waals surface area contributed by atoms with Crippen LogP contribution in [0.15, 0.2) is 0 Å². The second kappa shape index (κ2) is 7.49. The molecule has 0 saturated heterocycles. The van der Waals surface area contributed by atoms with E-state index in [9.17, 15) is 4.79 Å². The van der Waals surface area contributed by atoms with Gasteiger partial charge in [0.05, 0.1) is 0 Å². The van der Waals surface area contributed by atoms with E-state index < -0.39 is 0 Å². The van der Waals surface area contributed by atoms with E-state index in [0.29, 0.717) is 12.5 Å². The number of carbonyl (C=O) groups is 1. The Morgan fingerprint density at radius 1 is 1.38 bits per heavy atom. The third-order valence-electron chi connectivity index (χ3n) is 3.34. The van der Waals surface area contributed by atoms with Crippen LogP contribution in [0.5, 0.6) is 0 Å². The van der Waals surface area contributed by atoms with Crippen molar-refractivity contribution in [1.82, 2.24) is 10.6 Å². The Morgan fingerprint density at radius 3 is 2.81 bits per heavy atom. The molecule has 94 valence electrons. The van der Waals surface area contributed by atoms with Gasteiger partial charge in [0.2, 0.25) is 0 Å². The van der Waals surface area contributed by atoms with Crippen LogP contribution < -0.4 is 16.4 Å². The maximum absolute atomic E-state index is 11.6. The van der Waals surface area contributed by atoms with Crippen molar-refractivity contribution in [2.45, 2.75) is 51.5 Å². The van der Waals surface area contributed by atoms with Crippen molar-refractivity contribution < 1.29 is 4.79 Å². The lowest BCUT2D eigenvalue weighted by Gasteiger charge is -2.31. The number of hydrogen-bond acceptors (Lipinski definition) is 2. The summed E-state index contributed by atoms with van der Waals surface area (Å²) < 4.78 is 0. The van der Waals surface area contributed by atoms with Gasteiger partial charge in [-0.1, -0.05) is 26.2 Å². The lowest BCUT2D eigenvalue weighted by Crippen LogP contribution is -2.48. The van der Waals surface area contributed by atoms with E-state index in [0.717, 1.165) is 32.2 Å². The molecule has 1 aliphatic carbocycles. The summed E-state index contributed by atoms with van der Waals surface area (Å²) >= 11 is 0. The first-order valence-electron chi connectivity index (χ1n) is 6.52. The third-order valence-corrected chi connectivity index (χ3v) is 3.34. The van der Waals surface area contributed by atoms with Gasteiger partial charge in [0.1, 0.15) is 0 Å². The summed E-state index contributed by atoms with van der Waals surface area (Å²) in [5.74, 6) is 0.464. The lowest BCUT2D eigenvalue weighted by molar-refractivity contribution is 0.219. The smallest absolute Gasteiger partial charge is 0.315 e. The number of amides is 2. The summed E-state index contributed by atoms with van der Waals surface area (Å²) in [6.45, 7) is 3.56. The van der Waals surface area contributed by atoms with Crippen LogP contribution in [0, 0.1) is 5.92 Å². The topological polar surface area (TPSA) is 67.2 Å². The molecule has 2 amide bonds. The van der Waals surface area contributed by atoms with Crippen LogP contribution in [0.2, 0.25) is 0 Å². The molecule has 1 saturated carbocycles. The zero-order valence-electron chi connectivity index (χ0n) is 10.3. The average molecular weight is 227 g/mol. The van der Waals surface area contributed by atoms with E-state index in [1.54, 1.807) is 0 Å². The predicted octanol–water partition coefficient (Wildman–Crippen LogP) is 1.60. The second-order valence-electron chi connectivity index (χ2n) is 4.64. The Hall–Kier alpha value is -0.770. The van der Waals surface area contributed by atoms with Gasteiger partial charge >= 0.3 is 6.03 Å². The van der Waals surface area contributed by atoms with Crippen molar-refractivity contribution in [2.24, 2.45) is 11.7 Å². The molecule has 1 fully saturated rings. The van der Waals surface area contributed by atoms with E-state index >= 15 is 0 Å². The minimum atomic E-state index is -0.0289. The number of urea groups is 1. The van der Waals surface area contributed by atoms with Crippen LogP contribution in [-0.2, 0) is 0 Å². The van der Waals surface area contributed by atoms with E-state index in [1.807, 2.05) is 0 Å². The van der Waals surface area contributed by atoms with E-state index in [-0.39, 0.29) is 12.1 Å². The zero-order chi connectivity index (χ0) is 11.8. The van der Waals surface area contributed by atoms with Crippen molar-refractivity contribution in [3.8, 4) is 0 Å². The van der Waals surface area contributed by atoms with Gasteiger partial charge < -0.3 is 16.4 Å². The maximum atomic E-state index is 11.6. The summed E-state index contributed by atoms with van der Waals surface area (Å²) in [6.07, 6.45) is 6.82. The zero-order valence-corrected chi connectivity index (χ0v) is 10.3. The second-order valence-corrected chi connectivity index (χ2v) is 4.64. The Kier molecular flexibility index (Phi) is 6.23. The van der Waals surface area contributed by atoms with E-state index in [2.05, 4.69) is 17.6 Å². The molecule has 1 rings (SSSR count). The number of unbranched alkanes of at least 4 members (excludes halogenated alkanes) is 1. The quantitative estimate of drug-likeness (QED) is 0.625. The standard InChI is InChI=1S/C12H25N3O/c1-2-3-8-14-12(16)15-11-7-5-4-6-10(11)9-13/h10-11H,2-9,13H2,1H3,(H2,14,15,16). The number of hydrogen-bond donors (Lipinski definition) is 3. The fraction of sp³-hybridized carbons (Fsp3) is 0.917. The highest BCUT2D eigenvalue weighted by atomic mass is 16.2. The first-order chi connectivity index (χ1) is 7.77. The molecule has 0 aromatic heterocycles. The largest absolute Gasteiger partial charge is 0.338 e. The fourth-order valence-electron chi connectivity index (χ4n) is 2.28. The SMILES string of the molecule is CCCCNC(=O)NC1CCCCC1CN. The highest BCUT2D eigenvalue weighted by molar-refractivity contribution is 5.74. The van der Waals surface area contributed by atoms with Gasteiger partial charge in [0.25, 0.3) is 0 Å². The van der Waals surface area contributed by atoms with Gasteiger partial charge in [-0.2, -0.15) is 0 Å². The van der Waals surface area contributed by atoms with Gasteiger partial charge in [0, 0.05) is 12.6 Å².